The van der Waals surface area contributed by atoms with E-state index in [1.807, 2.05) is 36.4 Å². The van der Waals surface area contributed by atoms with Gasteiger partial charge in [0, 0.05) is 15.4 Å². The van der Waals surface area contributed by atoms with Crippen LogP contribution in [0.4, 0.5) is 0 Å². The third-order valence-corrected chi connectivity index (χ3v) is 3.85. The largest absolute Gasteiger partial charge is 0.356 e. The van der Waals surface area contributed by atoms with Crippen LogP contribution in [0.25, 0.3) is 22.2 Å². The molecule has 0 amide bonds. The van der Waals surface area contributed by atoms with Gasteiger partial charge in [0.25, 0.3) is 0 Å². The van der Waals surface area contributed by atoms with Crippen molar-refractivity contribution in [1.82, 2.24) is 5.16 Å². The van der Waals surface area contributed by atoms with Gasteiger partial charge in [0.2, 0.25) is 0 Å². The minimum atomic E-state index is 0.296. The average molecular weight is 337 g/mol. The Labute approximate surface area is 124 Å². The van der Waals surface area contributed by atoms with Gasteiger partial charge in [0.1, 0.15) is 5.69 Å². The van der Waals surface area contributed by atoms with Crippen LogP contribution < -0.4 is 0 Å². The quantitative estimate of drug-likeness (QED) is 0.569. The van der Waals surface area contributed by atoms with Gasteiger partial charge in [-0.15, -0.1) is 0 Å². The van der Waals surface area contributed by atoms with Crippen molar-refractivity contribution >= 4 is 38.5 Å². The van der Waals surface area contributed by atoms with Gasteiger partial charge >= 0.3 is 0 Å². The van der Waals surface area contributed by atoms with Crippen molar-refractivity contribution in [3.8, 4) is 11.3 Å². The molecule has 0 saturated heterocycles. The summed E-state index contributed by atoms with van der Waals surface area (Å²) < 4.78 is 5.37. The molecule has 1 aromatic heterocycles. The summed E-state index contributed by atoms with van der Waals surface area (Å²) in [6.07, 6.45) is 0. The van der Waals surface area contributed by atoms with Crippen molar-refractivity contribution in [3.05, 3.63) is 53.1 Å². The molecular formula is C15H11BrClNO. The topological polar surface area (TPSA) is 26.0 Å². The molecular weight excluding hydrogens is 326 g/mol. The second-order valence-electron chi connectivity index (χ2n) is 4.41. The van der Waals surface area contributed by atoms with E-state index < -0.39 is 0 Å². The van der Waals surface area contributed by atoms with Crippen molar-refractivity contribution < 1.29 is 4.52 Å². The molecule has 19 heavy (non-hydrogen) atoms. The number of benzene rings is 2. The normalized spacial score (nSPS) is 12.8. The molecule has 0 fully saturated rings. The maximum Gasteiger partial charge on any atom is 0.167 e. The Balaban J connectivity index is 2.18. The van der Waals surface area contributed by atoms with Crippen LogP contribution in [0.5, 0.6) is 0 Å². The summed E-state index contributed by atoms with van der Waals surface area (Å²) in [6, 6.07) is 13.7. The van der Waals surface area contributed by atoms with Crippen LogP contribution in [0.2, 0.25) is 5.02 Å². The van der Waals surface area contributed by atoms with Gasteiger partial charge in [-0.2, -0.15) is 0 Å². The highest BCUT2D eigenvalue weighted by atomic mass is 79.9. The fraction of sp³-hybridized carbons (Fsp3) is 0.133. The molecule has 0 saturated carbocycles. The summed E-state index contributed by atoms with van der Waals surface area (Å²) in [5.74, 6) is 0. The number of fused-ring (bicyclic) bond motifs is 1. The first-order valence-corrected chi connectivity index (χ1v) is 7.24. The molecule has 0 aliphatic heterocycles. The summed E-state index contributed by atoms with van der Waals surface area (Å²) in [4.78, 5) is 0.296. The SMILES string of the molecule is CC(Br)c1ccc2onc(-c3ccc(Cl)cc3)c2c1. The second kappa shape index (κ2) is 4.99. The van der Waals surface area contributed by atoms with E-state index in [-0.39, 0.29) is 0 Å². The Hall–Kier alpha value is -1.32. The first kappa shape index (κ1) is 12.7. The van der Waals surface area contributed by atoms with Crippen LogP contribution in [0.3, 0.4) is 0 Å². The van der Waals surface area contributed by atoms with E-state index in [9.17, 15) is 0 Å². The summed E-state index contributed by atoms with van der Waals surface area (Å²) in [6.45, 7) is 2.09. The Kier molecular flexibility index (Phi) is 3.33. The van der Waals surface area contributed by atoms with E-state index in [0.717, 1.165) is 22.2 Å². The molecule has 3 rings (SSSR count). The van der Waals surface area contributed by atoms with E-state index in [1.165, 1.54) is 5.56 Å². The molecule has 3 aromatic rings. The Morgan fingerprint density at radius 2 is 1.89 bits per heavy atom. The summed E-state index contributed by atoms with van der Waals surface area (Å²) >= 11 is 9.49. The van der Waals surface area contributed by atoms with Crippen LogP contribution in [-0.4, -0.2) is 5.16 Å². The Morgan fingerprint density at radius 3 is 2.58 bits per heavy atom. The molecule has 0 spiro atoms. The second-order valence-corrected chi connectivity index (χ2v) is 6.22. The molecule has 0 N–H and O–H groups in total. The van der Waals surface area contributed by atoms with Crippen LogP contribution in [0, 0.1) is 0 Å². The third kappa shape index (κ3) is 2.40. The lowest BCUT2D eigenvalue weighted by Gasteiger charge is -2.03. The van der Waals surface area contributed by atoms with Gasteiger partial charge in [-0.1, -0.05) is 50.9 Å². The lowest BCUT2D eigenvalue weighted by molar-refractivity contribution is 0.459. The van der Waals surface area contributed by atoms with E-state index >= 15 is 0 Å². The fourth-order valence-corrected chi connectivity index (χ4v) is 2.43. The molecule has 0 aliphatic rings. The molecule has 0 radical (unpaired) electrons. The predicted molar refractivity (Wildman–Crippen MR) is 81.8 cm³/mol. The first-order chi connectivity index (χ1) is 9.15. The van der Waals surface area contributed by atoms with Gasteiger partial charge in [-0.05, 0) is 36.8 Å². The molecule has 1 heterocycles. The Bertz CT molecular complexity index is 719. The number of aromatic nitrogens is 1. The number of alkyl halides is 1. The summed E-state index contributed by atoms with van der Waals surface area (Å²) in [7, 11) is 0. The average Bonchev–Trinajstić information content (AvgIpc) is 2.82. The van der Waals surface area contributed by atoms with Crippen LogP contribution >= 0.6 is 27.5 Å². The number of halogens is 2. The van der Waals surface area contributed by atoms with Crippen molar-refractivity contribution in [2.24, 2.45) is 0 Å². The monoisotopic (exact) mass is 335 g/mol. The zero-order chi connectivity index (χ0) is 13.4. The minimum absolute atomic E-state index is 0.296. The minimum Gasteiger partial charge on any atom is -0.356 e. The van der Waals surface area contributed by atoms with Gasteiger partial charge in [0.15, 0.2) is 5.58 Å². The molecule has 2 nitrogen and oxygen atoms in total. The van der Waals surface area contributed by atoms with Crippen molar-refractivity contribution in [3.63, 3.8) is 0 Å². The van der Waals surface area contributed by atoms with Gasteiger partial charge < -0.3 is 4.52 Å². The van der Waals surface area contributed by atoms with Crippen LogP contribution in [0.15, 0.2) is 47.0 Å². The fourth-order valence-electron chi connectivity index (χ4n) is 2.02. The molecule has 1 atom stereocenters. The number of hydrogen-bond donors (Lipinski definition) is 0. The highest BCUT2D eigenvalue weighted by molar-refractivity contribution is 9.09. The highest BCUT2D eigenvalue weighted by Crippen LogP contribution is 2.32. The van der Waals surface area contributed by atoms with Crippen LogP contribution in [0.1, 0.15) is 17.3 Å². The lowest BCUT2D eigenvalue weighted by Crippen LogP contribution is -1.83. The van der Waals surface area contributed by atoms with E-state index in [2.05, 4.69) is 34.1 Å². The molecule has 0 bridgehead atoms. The van der Waals surface area contributed by atoms with E-state index in [4.69, 9.17) is 16.1 Å². The van der Waals surface area contributed by atoms with E-state index in [1.54, 1.807) is 0 Å². The molecule has 0 aliphatic carbocycles. The lowest BCUT2D eigenvalue weighted by atomic mass is 10.0. The van der Waals surface area contributed by atoms with Crippen molar-refractivity contribution in [2.45, 2.75) is 11.8 Å². The van der Waals surface area contributed by atoms with Crippen LogP contribution in [-0.2, 0) is 0 Å². The van der Waals surface area contributed by atoms with Gasteiger partial charge in [-0.3, -0.25) is 0 Å². The maximum absolute atomic E-state index is 5.91. The summed E-state index contributed by atoms with van der Waals surface area (Å²) in [5.41, 5.74) is 3.84. The van der Waals surface area contributed by atoms with Gasteiger partial charge in [-0.25, -0.2) is 0 Å². The first-order valence-electron chi connectivity index (χ1n) is 5.94. The predicted octanol–water partition coefficient (Wildman–Crippen LogP) is 5.60. The molecule has 96 valence electrons. The van der Waals surface area contributed by atoms with E-state index in [0.29, 0.717) is 9.85 Å². The number of rotatable bonds is 2. The Morgan fingerprint density at radius 1 is 1.16 bits per heavy atom. The zero-order valence-electron chi connectivity index (χ0n) is 10.2. The molecule has 4 heteroatoms. The standard InChI is InChI=1S/C15H11BrClNO/c1-9(16)11-4-7-14-13(8-11)15(18-19-14)10-2-5-12(17)6-3-10/h2-9H,1H3. The zero-order valence-corrected chi connectivity index (χ0v) is 12.6. The third-order valence-electron chi connectivity index (χ3n) is 3.07. The van der Waals surface area contributed by atoms with Crippen molar-refractivity contribution in [1.29, 1.82) is 0 Å². The molecule has 1 unspecified atom stereocenters. The maximum atomic E-state index is 5.91. The van der Waals surface area contributed by atoms with Gasteiger partial charge in [0.05, 0.1) is 5.39 Å². The number of nitrogens with zero attached hydrogens (tertiary/aromatic N) is 1. The summed E-state index contributed by atoms with van der Waals surface area (Å²) in [5, 5.41) is 5.90. The number of hydrogen-bond acceptors (Lipinski definition) is 2. The molecule has 2 aromatic carbocycles. The highest BCUT2D eigenvalue weighted by Gasteiger charge is 2.12. The smallest absolute Gasteiger partial charge is 0.167 e. The van der Waals surface area contributed by atoms with Crippen molar-refractivity contribution in [2.75, 3.05) is 0 Å².